The molecule has 4 heterocycles. The van der Waals surface area contributed by atoms with Crippen LogP contribution >= 0.6 is 0 Å². The Balaban J connectivity index is 1.60. The minimum absolute atomic E-state index is 0.0273. The maximum Gasteiger partial charge on any atom is 0.391 e. The Morgan fingerprint density at radius 3 is 2.51 bits per heavy atom. The van der Waals surface area contributed by atoms with E-state index < -0.39 is 48.4 Å². The normalized spacial score (nSPS) is 29.1. The number of halogens is 5. The average molecular weight is 529 g/mol. The first kappa shape index (κ1) is 27.0. The van der Waals surface area contributed by atoms with Crippen LogP contribution < -0.4 is 15.5 Å². The van der Waals surface area contributed by atoms with Crippen molar-refractivity contribution in [3.05, 3.63) is 30.1 Å². The molecule has 37 heavy (non-hydrogen) atoms. The van der Waals surface area contributed by atoms with E-state index in [1.807, 2.05) is 0 Å². The third kappa shape index (κ3) is 5.76. The Hall–Kier alpha value is -3.09. The van der Waals surface area contributed by atoms with Crippen molar-refractivity contribution >= 4 is 29.1 Å². The molecular weight excluding hydrogens is 499 g/mol. The second-order valence-electron chi connectivity index (χ2n) is 9.78. The number of nitrogens with one attached hydrogen (secondary N) is 2. The predicted molar refractivity (Wildman–Crippen MR) is 127 cm³/mol. The molecule has 0 aliphatic carbocycles. The van der Waals surface area contributed by atoms with Crippen molar-refractivity contribution in [2.24, 2.45) is 11.8 Å². The number of aliphatic hydroxyl groups excluding tert-OH is 1. The number of aromatic nitrogens is 3. The topological polar surface area (TPSA) is 103 Å². The van der Waals surface area contributed by atoms with Gasteiger partial charge in [0.05, 0.1) is 36.9 Å². The summed E-state index contributed by atoms with van der Waals surface area (Å²) in [6, 6.07) is 2.35. The van der Waals surface area contributed by atoms with Gasteiger partial charge in [0.15, 0.2) is 5.78 Å². The van der Waals surface area contributed by atoms with E-state index in [2.05, 4.69) is 25.6 Å². The van der Waals surface area contributed by atoms with Gasteiger partial charge in [0.2, 0.25) is 5.95 Å². The van der Waals surface area contributed by atoms with Crippen LogP contribution in [0.15, 0.2) is 24.5 Å². The van der Waals surface area contributed by atoms with Crippen LogP contribution in [0.1, 0.15) is 38.7 Å². The first-order valence-corrected chi connectivity index (χ1v) is 12.0. The number of anilines is 4. The number of Topliss-reactive ketones (excluding diaryl/α,β-unsaturated/α-hetero) is 1. The number of hydrogen-bond donors (Lipinski definition) is 3. The molecule has 1 saturated heterocycles. The minimum atomic E-state index is -4.42. The van der Waals surface area contributed by atoms with Crippen LogP contribution in [0.3, 0.4) is 0 Å². The van der Waals surface area contributed by atoms with Gasteiger partial charge >= 0.3 is 6.18 Å². The van der Waals surface area contributed by atoms with Gasteiger partial charge in [-0.2, -0.15) is 18.2 Å². The molecule has 2 aliphatic heterocycles. The van der Waals surface area contributed by atoms with Crippen LogP contribution in [0.2, 0.25) is 0 Å². The van der Waals surface area contributed by atoms with E-state index in [9.17, 15) is 31.9 Å². The number of carbonyl (C=O) groups is 1. The van der Waals surface area contributed by atoms with Crippen LogP contribution in [0.25, 0.3) is 0 Å². The number of alkyl halides is 5. The summed E-state index contributed by atoms with van der Waals surface area (Å²) in [5.74, 6) is -2.69. The zero-order valence-electron chi connectivity index (χ0n) is 20.5. The molecule has 2 aromatic rings. The van der Waals surface area contributed by atoms with Gasteiger partial charge in [-0.05, 0) is 42.9 Å². The summed E-state index contributed by atoms with van der Waals surface area (Å²) in [6.45, 7) is 3.63. The number of rotatable bonds is 5. The van der Waals surface area contributed by atoms with E-state index in [1.165, 1.54) is 30.3 Å². The van der Waals surface area contributed by atoms with E-state index >= 15 is 0 Å². The Morgan fingerprint density at radius 1 is 1.22 bits per heavy atom. The summed E-state index contributed by atoms with van der Waals surface area (Å²) in [7, 11) is 0. The van der Waals surface area contributed by atoms with Gasteiger partial charge in [-0.1, -0.05) is 13.8 Å². The molecule has 8 nitrogen and oxygen atoms in total. The maximum atomic E-state index is 14.0. The Labute approximate surface area is 210 Å². The van der Waals surface area contributed by atoms with E-state index in [0.29, 0.717) is 11.3 Å². The molecule has 6 unspecified atom stereocenters. The first-order chi connectivity index (χ1) is 17.3. The van der Waals surface area contributed by atoms with Gasteiger partial charge in [0.1, 0.15) is 30.1 Å². The SMILES string of the molecule is CC(=O)C1CC(C(C)C(F)(F)F)C(C)c2cc(Nc3ccnc(N4CC(F)C(O)C(F)C4)n3)ncc2N1. The lowest BCUT2D eigenvalue weighted by atomic mass is 9.76. The van der Waals surface area contributed by atoms with E-state index in [-0.39, 0.29) is 42.9 Å². The monoisotopic (exact) mass is 528 g/mol. The number of fused-ring (bicyclic) bond motifs is 1. The fourth-order valence-corrected chi connectivity index (χ4v) is 4.94. The fraction of sp³-hybridized carbons (Fsp3) is 0.583. The van der Waals surface area contributed by atoms with Crippen molar-refractivity contribution in [3.63, 3.8) is 0 Å². The molecule has 0 radical (unpaired) electrons. The van der Waals surface area contributed by atoms with Crippen LogP contribution in [-0.4, -0.2) is 69.6 Å². The molecule has 0 spiro atoms. The lowest BCUT2D eigenvalue weighted by Gasteiger charge is -2.34. The van der Waals surface area contributed by atoms with Crippen LogP contribution in [0.5, 0.6) is 0 Å². The quantitative estimate of drug-likeness (QED) is 0.497. The Kier molecular flexibility index (Phi) is 7.54. The van der Waals surface area contributed by atoms with Gasteiger partial charge < -0.3 is 20.6 Å². The summed E-state index contributed by atoms with van der Waals surface area (Å²) in [4.78, 5) is 26.1. The maximum absolute atomic E-state index is 14.0. The molecule has 3 N–H and O–H groups in total. The van der Waals surface area contributed by atoms with Gasteiger partial charge in [-0.15, -0.1) is 0 Å². The van der Waals surface area contributed by atoms with Gasteiger partial charge in [-0.3, -0.25) is 4.79 Å². The van der Waals surface area contributed by atoms with Crippen LogP contribution in [0, 0.1) is 11.8 Å². The molecule has 0 bridgehead atoms. The van der Waals surface area contributed by atoms with Crippen molar-refractivity contribution in [2.45, 2.75) is 63.8 Å². The van der Waals surface area contributed by atoms with Crippen molar-refractivity contribution < 1.29 is 31.9 Å². The largest absolute Gasteiger partial charge is 0.391 e. The molecule has 0 amide bonds. The molecule has 202 valence electrons. The molecule has 6 atom stereocenters. The highest BCUT2D eigenvalue weighted by molar-refractivity contribution is 5.85. The highest BCUT2D eigenvalue weighted by Crippen LogP contribution is 2.45. The summed E-state index contributed by atoms with van der Waals surface area (Å²) in [5, 5.41) is 15.5. The average Bonchev–Trinajstić information content (AvgIpc) is 2.98. The van der Waals surface area contributed by atoms with Crippen molar-refractivity contribution in [3.8, 4) is 0 Å². The Morgan fingerprint density at radius 2 is 1.89 bits per heavy atom. The molecule has 4 rings (SSSR count). The summed E-state index contributed by atoms with van der Waals surface area (Å²) >= 11 is 0. The third-order valence-corrected chi connectivity index (χ3v) is 7.27. The summed E-state index contributed by atoms with van der Waals surface area (Å²) < 4.78 is 68.9. The Bertz CT molecular complexity index is 1120. The zero-order valence-corrected chi connectivity index (χ0v) is 20.5. The van der Waals surface area contributed by atoms with Gasteiger partial charge in [0, 0.05) is 6.20 Å². The number of aliphatic hydroxyl groups is 1. The number of hydrogen-bond acceptors (Lipinski definition) is 8. The lowest BCUT2D eigenvalue weighted by Crippen LogP contribution is -2.52. The number of pyridine rings is 1. The smallest absolute Gasteiger partial charge is 0.387 e. The number of nitrogens with zero attached hydrogens (tertiary/aromatic N) is 4. The highest BCUT2D eigenvalue weighted by Gasteiger charge is 2.46. The first-order valence-electron chi connectivity index (χ1n) is 12.0. The van der Waals surface area contributed by atoms with E-state index in [1.54, 1.807) is 13.0 Å². The second-order valence-corrected chi connectivity index (χ2v) is 9.78. The molecule has 2 aromatic heterocycles. The molecule has 0 saturated carbocycles. The van der Waals surface area contributed by atoms with Crippen molar-refractivity contribution in [1.29, 1.82) is 0 Å². The van der Waals surface area contributed by atoms with Crippen LogP contribution in [0.4, 0.5) is 45.2 Å². The minimum Gasteiger partial charge on any atom is -0.387 e. The molecule has 13 heteroatoms. The van der Waals surface area contributed by atoms with Gasteiger partial charge in [-0.25, -0.2) is 18.7 Å². The number of ketones is 1. The lowest BCUT2D eigenvalue weighted by molar-refractivity contribution is -0.186. The molecule has 1 fully saturated rings. The third-order valence-electron chi connectivity index (χ3n) is 7.27. The summed E-state index contributed by atoms with van der Waals surface area (Å²) in [5.41, 5.74) is 1.05. The van der Waals surface area contributed by atoms with E-state index in [0.717, 1.165) is 6.92 Å². The standard InChI is InChI=1S/C24H29F5N6O2/c1-11-14(12(2)24(27,28)29)6-18(13(3)36)32-19-8-31-21(7-15(11)19)33-20-4-5-30-23(34-20)35-9-16(25)22(37)17(26)10-35/h4-5,7-8,11-12,14,16-18,22,32,37H,6,9-10H2,1-3H3,(H,30,31,33,34). The summed E-state index contributed by atoms with van der Waals surface area (Å²) in [6.07, 6.45) is -6.84. The molecule has 2 aliphatic rings. The molecule has 0 aromatic carbocycles. The molecular formula is C24H29F5N6O2. The van der Waals surface area contributed by atoms with Crippen molar-refractivity contribution in [2.75, 3.05) is 28.6 Å². The van der Waals surface area contributed by atoms with Crippen LogP contribution in [-0.2, 0) is 4.79 Å². The fourth-order valence-electron chi connectivity index (χ4n) is 4.94. The second kappa shape index (κ2) is 10.3. The van der Waals surface area contributed by atoms with Gasteiger partial charge in [0.25, 0.3) is 0 Å². The number of piperidine rings is 1. The van der Waals surface area contributed by atoms with Crippen molar-refractivity contribution in [1.82, 2.24) is 15.0 Å². The van der Waals surface area contributed by atoms with E-state index in [4.69, 9.17) is 0 Å². The predicted octanol–water partition coefficient (Wildman–Crippen LogP) is 4.16. The zero-order chi connectivity index (χ0) is 27.1. The number of carbonyl (C=O) groups excluding carboxylic acids is 1. The highest BCUT2D eigenvalue weighted by atomic mass is 19.4.